The van der Waals surface area contributed by atoms with Crippen molar-refractivity contribution in [2.24, 2.45) is 5.92 Å². The van der Waals surface area contributed by atoms with Crippen molar-refractivity contribution in [3.63, 3.8) is 0 Å². The van der Waals surface area contributed by atoms with Crippen LogP contribution in [-0.4, -0.2) is 38.4 Å². The van der Waals surface area contributed by atoms with Gasteiger partial charge in [-0.15, -0.1) is 0 Å². The van der Waals surface area contributed by atoms with Gasteiger partial charge in [0.15, 0.2) is 0 Å². The van der Waals surface area contributed by atoms with Gasteiger partial charge in [0.25, 0.3) is 10.2 Å². The zero-order valence-corrected chi connectivity index (χ0v) is 12.9. The summed E-state index contributed by atoms with van der Waals surface area (Å²) in [6, 6.07) is 2.44. The van der Waals surface area contributed by atoms with E-state index in [9.17, 15) is 8.42 Å². The van der Waals surface area contributed by atoms with E-state index in [2.05, 4.69) is 10.0 Å². The largest absolute Gasteiger partial charge is 0.472 e. The Balaban J connectivity index is 1.50. The molecule has 1 atom stereocenters. The van der Waals surface area contributed by atoms with E-state index < -0.39 is 10.2 Å². The van der Waals surface area contributed by atoms with Crippen LogP contribution in [0, 0.1) is 5.92 Å². The zero-order chi connectivity index (χ0) is 14.7. The van der Waals surface area contributed by atoms with Crippen molar-refractivity contribution >= 4 is 10.2 Å². The molecule has 21 heavy (non-hydrogen) atoms. The molecule has 1 aromatic rings. The van der Waals surface area contributed by atoms with E-state index >= 15 is 0 Å². The molecule has 0 aromatic carbocycles. The standard InChI is InChI=1S/C14H23N3O3S/c18-21(19,16-9-13-5-7-20-11-13)17-6-1-2-12(10-17)8-15-14-3-4-14/h5,7,11-12,14-16H,1-4,6,8-10H2. The number of hydrogen-bond acceptors (Lipinski definition) is 4. The molecular formula is C14H23N3O3S. The highest BCUT2D eigenvalue weighted by Gasteiger charge is 2.30. The number of piperidine rings is 1. The van der Waals surface area contributed by atoms with Gasteiger partial charge in [-0.2, -0.15) is 17.4 Å². The molecule has 1 saturated heterocycles. The fraction of sp³-hybridized carbons (Fsp3) is 0.714. The molecule has 6 nitrogen and oxygen atoms in total. The van der Waals surface area contributed by atoms with Gasteiger partial charge in [0.05, 0.1) is 12.5 Å². The van der Waals surface area contributed by atoms with Crippen LogP contribution < -0.4 is 10.0 Å². The van der Waals surface area contributed by atoms with Crippen molar-refractivity contribution in [2.45, 2.75) is 38.3 Å². The molecule has 0 radical (unpaired) electrons. The normalized spacial score (nSPS) is 24.3. The Morgan fingerprint density at radius 3 is 2.90 bits per heavy atom. The van der Waals surface area contributed by atoms with E-state index in [-0.39, 0.29) is 6.54 Å². The summed E-state index contributed by atoms with van der Waals surface area (Å²) in [5.41, 5.74) is 0.836. The lowest BCUT2D eigenvalue weighted by Gasteiger charge is -2.32. The van der Waals surface area contributed by atoms with Crippen molar-refractivity contribution in [1.82, 2.24) is 14.3 Å². The van der Waals surface area contributed by atoms with Gasteiger partial charge >= 0.3 is 0 Å². The molecule has 1 saturated carbocycles. The van der Waals surface area contributed by atoms with Gasteiger partial charge in [0.2, 0.25) is 0 Å². The van der Waals surface area contributed by atoms with Crippen LogP contribution in [0.4, 0.5) is 0 Å². The summed E-state index contributed by atoms with van der Waals surface area (Å²) in [4.78, 5) is 0. The van der Waals surface area contributed by atoms with Crippen molar-refractivity contribution in [3.05, 3.63) is 24.2 Å². The minimum atomic E-state index is -3.40. The number of hydrogen-bond donors (Lipinski definition) is 2. The molecule has 118 valence electrons. The van der Waals surface area contributed by atoms with Gasteiger partial charge in [0, 0.05) is 31.2 Å². The van der Waals surface area contributed by atoms with E-state index in [0.717, 1.165) is 24.9 Å². The topological polar surface area (TPSA) is 74.6 Å². The first-order valence-corrected chi connectivity index (χ1v) is 9.07. The molecule has 1 aromatic heterocycles. The summed E-state index contributed by atoms with van der Waals surface area (Å²) in [7, 11) is -3.40. The number of nitrogens with zero attached hydrogens (tertiary/aromatic N) is 1. The average Bonchev–Trinajstić information content (AvgIpc) is 3.17. The van der Waals surface area contributed by atoms with E-state index in [1.54, 1.807) is 22.9 Å². The maximum atomic E-state index is 12.3. The van der Waals surface area contributed by atoms with Gasteiger partial charge in [-0.3, -0.25) is 0 Å². The van der Waals surface area contributed by atoms with Crippen molar-refractivity contribution in [3.8, 4) is 0 Å². The lowest BCUT2D eigenvalue weighted by atomic mass is 10.00. The Bertz CT molecular complexity index is 540. The first-order valence-electron chi connectivity index (χ1n) is 7.63. The van der Waals surface area contributed by atoms with Gasteiger partial charge in [-0.1, -0.05) is 0 Å². The second-order valence-corrected chi connectivity index (χ2v) is 7.76. The van der Waals surface area contributed by atoms with Gasteiger partial charge in [0.1, 0.15) is 0 Å². The summed E-state index contributed by atoms with van der Waals surface area (Å²) >= 11 is 0. The Labute approximate surface area is 126 Å². The summed E-state index contributed by atoms with van der Waals surface area (Å²) in [5, 5.41) is 3.50. The van der Waals surface area contributed by atoms with E-state index in [4.69, 9.17) is 4.42 Å². The number of rotatable bonds is 7. The molecular weight excluding hydrogens is 290 g/mol. The third-order valence-electron chi connectivity index (χ3n) is 4.13. The second-order valence-electron chi connectivity index (χ2n) is 6.01. The number of furan rings is 1. The Kier molecular flexibility index (Phi) is 4.63. The van der Waals surface area contributed by atoms with Crippen molar-refractivity contribution in [1.29, 1.82) is 0 Å². The van der Waals surface area contributed by atoms with Crippen LogP contribution in [0.15, 0.2) is 23.0 Å². The Morgan fingerprint density at radius 1 is 1.33 bits per heavy atom. The average molecular weight is 313 g/mol. The van der Waals surface area contributed by atoms with Gasteiger partial charge < -0.3 is 9.73 Å². The fourth-order valence-electron chi connectivity index (χ4n) is 2.69. The summed E-state index contributed by atoms with van der Waals surface area (Å²) in [6.45, 7) is 2.43. The quantitative estimate of drug-likeness (QED) is 0.790. The van der Waals surface area contributed by atoms with Crippen LogP contribution in [0.2, 0.25) is 0 Å². The molecule has 0 spiro atoms. The minimum absolute atomic E-state index is 0.278. The second kappa shape index (κ2) is 6.48. The predicted molar refractivity (Wildman–Crippen MR) is 79.8 cm³/mol. The highest BCUT2D eigenvalue weighted by Crippen LogP contribution is 2.22. The third-order valence-corrected chi connectivity index (χ3v) is 5.65. The minimum Gasteiger partial charge on any atom is -0.472 e. The molecule has 1 aliphatic heterocycles. The predicted octanol–water partition coefficient (Wildman–Crippen LogP) is 1.08. The number of nitrogens with one attached hydrogen (secondary N) is 2. The van der Waals surface area contributed by atoms with Crippen LogP contribution in [0.5, 0.6) is 0 Å². The van der Waals surface area contributed by atoms with Gasteiger partial charge in [-0.25, -0.2) is 0 Å². The lowest BCUT2D eigenvalue weighted by molar-refractivity contribution is 0.257. The third kappa shape index (κ3) is 4.29. The summed E-state index contributed by atoms with van der Waals surface area (Å²) in [6.07, 6.45) is 7.67. The molecule has 0 amide bonds. The first kappa shape index (κ1) is 15.0. The van der Waals surface area contributed by atoms with Crippen molar-refractivity contribution in [2.75, 3.05) is 19.6 Å². The van der Waals surface area contributed by atoms with Crippen LogP contribution in [0.25, 0.3) is 0 Å². The Hall–Kier alpha value is -0.890. The summed E-state index contributed by atoms with van der Waals surface area (Å²) < 4.78 is 33.9. The molecule has 2 aliphatic rings. The van der Waals surface area contributed by atoms with E-state index in [1.807, 2.05) is 0 Å². The maximum Gasteiger partial charge on any atom is 0.279 e. The smallest absolute Gasteiger partial charge is 0.279 e. The maximum absolute atomic E-state index is 12.3. The molecule has 2 fully saturated rings. The highest BCUT2D eigenvalue weighted by molar-refractivity contribution is 7.87. The lowest BCUT2D eigenvalue weighted by Crippen LogP contribution is -2.47. The molecule has 1 unspecified atom stereocenters. The molecule has 0 bridgehead atoms. The molecule has 7 heteroatoms. The van der Waals surface area contributed by atoms with Crippen LogP contribution >= 0.6 is 0 Å². The van der Waals surface area contributed by atoms with E-state index in [1.165, 1.54) is 12.8 Å². The zero-order valence-electron chi connectivity index (χ0n) is 12.1. The Morgan fingerprint density at radius 2 is 2.19 bits per heavy atom. The molecule has 2 N–H and O–H groups in total. The molecule has 3 rings (SSSR count). The molecule has 1 aliphatic carbocycles. The summed E-state index contributed by atoms with van der Waals surface area (Å²) in [5.74, 6) is 0.421. The van der Waals surface area contributed by atoms with Crippen LogP contribution in [-0.2, 0) is 16.8 Å². The first-order chi connectivity index (χ1) is 10.1. The SMILES string of the molecule is O=S(=O)(NCc1ccoc1)N1CCCC(CNC2CC2)C1. The highest BCUT2D eigenvalue weighted by atomic mass is 32.2. The van der Waals surface area contributed by atoms with Gasteiger partial charge in [-0.05, 0) is 44.2 Å². The molecule has 2 heterocycles. The fourth-order valence-corrected chi connectivity index (χ4v) is 4.00. The monoisotopic (exact) mass is 313 g/mol. The van der Waals surface area contributed by atoms with E-state index in [0.29, 0.717) is 25.0 Å². The van der Waals surface area contributed by atoms with Crippen LogP contribution in [0.3, 0.4) is 0 Å². The van der Waals surface area contributed by atoms with Crippen LogP contribution in [0.1, 0.15) is 31.2 Å². The van der Waals surface area contributed by atoms with Crippen molar-refractivity contribution < 1.29 is 12.8 Å².